The van der Waals surface area contributed by atoms with Crippen molar-refractivity contribution in [2.75, 3.05) is 5.43 Å². The number of aryl methyl sites for hydroxylation is 2. The minimum Gasteiger partial charge on any atom is -0.245 e. The Hall–Kier alpha value is -2.23. The molecule has 0 saturated carbocycles. The van der Waals surface area contributed by atoms with Crippen molar-refractivity contribution in [2.45, 2.75) is 59.8 Å². The van der Waals surface area contributed by atoms with E-state index < -0.39 is 0 Å². The third-order valence-corrected chi connectivity index (χ3v) is 4.02. The maximum atomic E-state index is 4.54. The summed E-state index contributed by atoms with van der Waals surface area (Å²) in [5, 5.41) is 4.46. The lowest BCUT2D eigenvalue weighted by atomic mass is 10.0. The molecule has 1 aromatic heterocycles. The summed E-state index contributed by atoms with van der Waals surface area (Å²) in [6, 6.07) is 10.6. The van der Waals surface area contributed by atoms with Gasteiger partial charge >= 0.3 is 0 Å². The van der Waals surface area contributed by atoms with Crippen molar-refractivity contribution in [1.82, 2.24) is 9.97 Å². The van der Waals surface area contributed by atoms with Crippen LogP contribution in [-0.2, 0) is 12.8 Å². The van der Waals surface area contributed by atoms with E-state index in [4.69, 9.17) is 0 Å². The molecule has 0 aliphatic rings. The molecule has 0 atom stereocenters. The molecule has 24 heavy (non-hydrogen) atoms. The number of benzene rings is 1. The van der Waals surface area contributed by atoms with Crippen LogP contribution in [0.25, 0.3) is 0 Å². The first-order chi connectivity index (χ1) is 11.5. The minimum absolute atomic E-state index is 0.539. The topological polar surface area (TPSA) is 50.2 Å². The van der Waals surface area contributed by atoms with E-state index in [9.17, 15) is 0 Å². The first kappa shape index (κ1) is 18.1. The van der Waals surface area contributed by atoms with Gasteiger partial charge in [-0.05, 0) is 42.9 Å². The van der Waals surface area contributed by atoms with E-state index >= 15 is 0 Å². The summed E-state index contributed by atoms with van der Waals surface area (Å²) >= 11 is 0. The quantitative estimate of drug-likeness (QED) is 0.579. The maximum Gasteiger partial charge on any atom is 0.243 e. The average molecular weight is 324 g/mol. The molecule has 4 heteroatoms. The second-order valence-electron chi connectivity index (χ2n) is 6.36. The Labute approximate surface area is 145 Å². The molecule has 1 N–H and O–H groups in total. The Morgan fingerprint density at radius 3 is 2.33 bits per heavy atom. The van der Waals surface area contributed by atoms with Crippen LogP contribution in [0.4, 0.5) is 5.95 Å². The number of hydrogen-bond donors (Lipinski definition) is 1. The lowest BCUT2D eigenvalue weighted by Gasteiger charge is -2.08. The third kappa shape index (κ3) is 4.88. The van der Waals surface area contributed by atoms with Gasteiger partial charge in [0, 0.05) is 11.4 Å². The first-order valence-electron chi connectivity index (χ1n) is 8.81. The monoisotopic (exact) mass is 324 g/mol. The maximum absolute atomic E-state index is 4.54. The molecule has 0 bridgehead atoms. The number of nitrogens with zero attached hydrogens (tertiary/aromatic N) is 3. The number of hydrogen-bond acceptors (Lipinski definition) is 4. The van der Waals surface area contributed by atoms with Gasteiger partial charge in [0.25, 0.3) is 0 Å². The molecule has 0 saturated heterocycles. The summed E-state index contributed by atoms with van der Waals surface area (Å²) in [4.78, 5) is 9.05. The van der Waals surface area contributed by atoms with Crippen molar-refractivity contribution in [2.24, 2.45) is 5.10 Å². The highest BCUT2D eigenvalue weighted by molar-refractivity contribution is 5.99. The number of anilines is 1. The van der Waals surface area contributed by atoms with E-state index in [0.717, 1.165) is 41.9 Å². The zero-order valence-electron chi connectivity index (χ0n) is 15.4. The molecular weight excluding hydrogens is 296 g/mol. The highest BCUT2D eigenvalue weighted by atomic mass is 15.4. The first-order valence-corrected chi connectivity index (χ1v) is 8.81. The van der Waals surface area contributed by atoms with Gasteiger partial charge in [0.2, 0.25) is 5.95 Å². The second-order valence-corrected chi connectivity index (χ2v) is 6.36. The molecule has 0 spiro atoms. The highest BCUT2D eigenvalue weighted by Crippen LogP contribution is 2.15. The van der Waals surface area contributed by atoms with Crippen molar-refractivity contribution >= 4 is 11.7 Å². The number of rotatable bonds is 7. The van der Waals surface area contributed by atoms with Crippen LogP contribution in [-0.4, -0.2) is 15.7 Å². The average Bonchev–Trinajstić information content (AvgIpc) is 2.59. The number of aromatic nitrogens is 2. The summed E-state index contributed by atoms with van der Waals surface area (Å²) in [5.74, 6) is 1.12. The van der Waals surface area contributed by atoms with Crippen LogP contribution >= 0.6 is 0 Å². The van der Waals surface area contributed by atoms with Crippen molar-refractivity contribution in [3.8, 4) is 0 Å². The van der Waals surface area contributed by atoms with Crippen LogP contribution in [0.15, 0.2) is 35.4 Å². The van der Waals surface area contributed by atoms with E-state index in [-0.39, 0.29) is 0 Å². The second kappa shape index (κ2) is 8.57. The fraction of sp³-hybridized carbons (Fsp3) is 0.450. The van der Waals surface area contributed by atoms with Crippen LogP contribution in [0, 0.1) is 0 Å². The van der Waals surface area contributed by atoms with Gasteiger partial charge in [0.05, 0.1) is 5.71 Å². The predicted molar refractivity (Wildman–Crippen MR) is 102 cm³/mol. The number of hydrazone groups is 1. The van der Waals surface area contributed by atoms with Crippen LogP contribution in [0.5, 0.6) is 0 Å². The summed E-state index contributed by atoms with van der Waals surface area (Å²) in [6.07, 6.45) is 2.93. The standard InChI is InChI=1S/C20H28N4/c1-6-8-19-13-18(7-2)21-20(22-19)24-23-15(5)17-11-9-16(10-12-17)14(3)4/h9-14H,6-8H2,1-5H3,(H,21,22,24). The fourth-order valence-electron chi connectivity index (χ4n) is 2.48. The SMILES string of the molecule is CCCc1cc(CC)nc(NN=C(C)c2ccc(C(C)C)cc2)n1. The molecule has 0 amide bonds. The van der Waals surface area contributed by atoms with Crippen LogP contribution in [0.3, 0.4) is 0 Å². The molecule has 0 unspecified atom stereocenters. The predicted octanol–water partition coefficient (Wildman–Crippen LogP) is 4.95. The molecule has 4 nitrogen and oxygen atoms in total. The Kier molecular flexibility index (Phi) is 6.47. The molecule has 0 radical (unpaired) electrons. The van der Waals surface area contributed by atoms with Gasteiger partial charge in [0.15, 0.2) is 0 Å². The molecule has 1 heterocycles. The van der Waals surface area contributed by atoms with E-state index in [2.05, 4.69) is 78.5 Å². The van der Waals surface area contributed by atoms with Gasteiger partial charge in [-0.1, -0.05) is 58.4 Å². The smallest absolute Gasteiger partial charge is 0.243 e. The van der Waals surface area contributed by atoms with E-state index in [1.807, 2.05) is 6.92 Å². The minimum atomic E-state index is 0.539. The molecule has 0 fully saturated rings. The van der Waals surface area contributed by atoms with E-state index in [1.54, 1.807) is 0 Å². The van der Waals surface area contributed by atoms with Crippen molar-refractivity contribution in [1.29, 1.82) is 0 Å². The summed E-state index contributed by atoms with van der Waals surface area (Å²) in [6.45, 7) is 10.7. The van der Waals surface area contributed by atoms with Gasteiger partial charge < -0.3 is 0 Å². The van der Waals surface area contributed by atoms with E-state index in [1.165, 1.54) is 5.56 Å². The summed E-state index contributed by atoms with van der Waals surface area (Å²) in [5.41, 5.74) is 8.50. The zero-order chi connectivity index (χ0) is 17.5. The zero-order valence-corrected chi connectivity index (χ0v) is 15.4. The molecule has 2 rings (SSSR count). The van der Waals surface area contributed by atoms with Crippen LogP contribution in [0.2, 0.25) is 0 Å². The largest absolute Gasteiger partial charge is 0.245 e. The Bertz CT molecular complexity index is 687. The molecule has 0 aliphatic heterocycles. The third-order valence-electron chi connectivity index (χ3n) is 4.02. The lowest BCUT2D eigenvalue weighted by molar-refractivity contribution is 0.856. The van der Waals surface area contributed by atoms with Gasteiger partial charge in [0.1, 0.15) is 0 Å². The van der Waals surface area contributed by atoms with E-state index in [0.29, 0.717) is 11.9 Å². The van der Waals surface area contributed by atoms with Gasteiger partial charge in [-0.25, -0.2) is 15.4 Å². The van der Waals surface area contributed by atoms with Gasteiger partial charge in [-0.2, -0.15) is 5.10 Å². The molecule has 128 valence electrons. The molecular formula is C20H28N4. The summed E-state index contributed by atoms with van der Waals surface area (Å²) < 4.78 is 0. The fourth-order valence-corrected chi connectivity index (χ4v) is 2.48. The highest BCUT2D eigenvalue weighted by Gasteiger charge is 2.04. The number of nitrogens with one attached hydrogen (secondary N) is 1. The summed E-state index contributed by atoms with van der Waals surface area (Å²) in [7, 11) is 0. The lowest BCUT2D eigenvalue weighted by Crippen LogP contribution is -2.06. The van der Waals surface area contributed by atoms with Crippen molar-refractivity contribution in [3.05, 3.63) is 52.8 Å². The molecule has 0 aliphatic carbocycles. The van der Waals surface area contributed by atoms with Gasteiger partial charge in [-0.3, -0.25) is 0 Å². The normalized spacial score (nSPS) is 11.8. The molecule has 2 aromatic rings. The van der Waals surface area contributed by atoms with Crippen molar-refractivity contribution in [3.63, 3.8) is 0 Å². The molecule has 1 aromatic carbocycles. The Morgan fingerprint density at radius 1 is 1.08 bits per heavy atom. The Morgan fingerprint density at radius 2 is 1.75 bits per heavy atom. The van der Waals surface area contributed by atoms with Crippen molar-refractivity contribution < 1.29 is 0 Å². The van der Waals surface area contributed by atoms with Gasteiger partial charge in [-0.15, -0.1) is 0 Å². The van der Waals surface area contributed by atoms with Crippen LogP contribution < -0.4 is 5.43 Å². The van der Waals surface area contributed by atoms with Crippen LogP contribution in [0.1, 0.15) is 69.5 Å². The Balaban J connectivity index is 2.15.